The van der Waals surface area contributed by atoms with Crippen LogP contribution < -0.4 is 15.4 Å². The fourth-order valence-corrected chi connectivity index (χ4v) is 3.48. The standard InChI is InChI=1S/C22H26N2O6/c1-15-6-8-17(9-7-15)30-22(18(21(27)28)12-20(25)26)19(5-3-11-24-22)29-14-16-4-2-10-23-13-16/h3,5-9,11-12,16,23-24H,2,4,10,13-14H2,1H3,(H,25,26)(H,27,28)/b18-12-/t16?,22-/m0/s1. The molecule has 0 aromatic heterocycles. The molecule has 0 aliphatic carbocycles. The van der Waals surface area contributed by atoms with Crippen LogP contribution in [0.25, 0.3) is 0 Å². The number of aliphatic carboxylic acids is 2. The van der Waals surface area contributed by atoms with E-state index in [1.807, 2.05) is 19.1 Å². The number of carboxylic acids is 2. The van der Waals surface area contributed by atoms with Crippen LogP contribution in [0.1, 0.15) is 18.4 Å². The SMILES string of the molecule is Cc1ccc(O[C@]2(/C(=C\C(=O)O)C(=O)O)NC=CC=C2OCC2CCCNC2)cc1. The molecule has 0 radical (unpaired) electrons. The molecule has 160 valence electrons. The van der Waals surface area contributed by atoms with Crippen molar-refractivity contribution in [3.8, 4) is 5.75 Å². The lowest BCUT2D eigenvalue weighted by Gasteiger charge is -2.38. The summed E-state index contributed by atoms with van der Waals surface area (Å²) in [6.07, 6.45) is 7.41. The number of nitrogens with one attached hydrogen (secondary N) is 2. The van der Waals surface area contributed by atoms with Gasteiger partial charge in [-0.15, -0.1) is 0 Å². The molecule has 1 aromatic carbocycles. The second-order valence-corrected chi connectivity index (χ2v) is 7.36. The van der Waals surface area contributed by atoms with Crippen LogP contribution in [-0.2, 0) is 14.3 Å². The Morgan fingerprint density at radius 1 is 1.27 bits per heavy atom. The third-order valence-corrected chi connectivity index (χ3v) is 5.02. The zero-order valence-electron chi connectivity index (χ0n) is 16.8. The Labute approximate surface area is 174 Å². The number of dihydropyridines is 1. The molecule has 1 saturated heterocycles. The molecule has 30 heavy (non-hydrogen) atoms. The van der Waals surface area contributed by atoms with Gasteiger partial charge in [0.15, 0.2) is 5.76 Å². The van der Waals surface area contributed by atoms with Gasteiger partial charge in [-0.2, -0.15) is 0 Å². The van der Waals surface area contributed by atoms with Gasteiger partial charge in [-0.3, -0.25) is 0 Å². The lowest BCUT2D eigenvalue weighted by atomic mass is 9.96. The van der Waals surface area contributed by atoms with E-state index in [0.29, 0.717) is 18.4 Å². The summed E-state index contributed by atoms with van der Waals surface area (Å²) in [6.45, 7) is 4.04. The molecule has 8 heteroatoms. The Morgan fingerprint density at radius 3 is 2.67 bits per heavy atom. The van der Waals surface area contributed by atoms with Crippen molar-refractivity contribution >= 4 is 11.9 Å². The predicted molar refractivity (Wildman–Crippen MR) is 110 cm³/mol. The fraction of sp³-hybridized carbons (Fsp3) is 0.364. The molecule has 1 fully saturated rings. The third-order valence-electron chi connectivity index (χ3n) is 5.02. The first-order valence-corrected chi connectivity index (χ1v) is 9.83. The predicted octanol–water partition coefficient (Wildman–Crippen LogP) is 2.18. The molecular weight excluding hydrogens is 388 g/mol. The van der Waals surface area contributed by atoms with Crippen molar-refractivity contribution in [3.63, 3.8) is 0 Å². The molecular formula is C22H26N2O6. The van der Waals surface area contributed by atoms with Gasteiger partial charge in [0.05, 0.1) is 6.61 Å². The second-order valence-electron chi connectivity index (χ2n) is 7.36. The van der Waals surface area contributed by atoms with Crippen molar-refractivity contribution < 1.29 is 29.3 Å². The highest BCUT2D eigenvalue weighted by Crippen LogP contribution is 2.34. The molecule has 3 rings (SSSR count). The van der Waals surface area contributed by atoms with Crippen LogP contribution in [0.5, 0.6) is 5.75 Å². The van der Waals surface area contributed by atoms with Crippen molar-refractivity contribution in [2.75, 3.05) is 19.7 Å². The first-order chi connectivity index (χ1) is 14.4. The Bertz CT molecular complexity index is 868. The minimum atomic E-state index is -1.82. The Hall–Kier alpha value is -3.26. The van der Waals surface area contributed by atoms with Crippen molar-refractivity contribution in [2.24, 2.45) is 5.92 Å². The van der Waals surface area contributed by atoms with E-state index in [-0.39, 0.29) is 11.7 Å². The number of hydrogen-bond donors (Lipinski definition) is 4. The van der Waals surface area contributed by atoms with E-state index in [0.717, 1.165) is 31.5 Å². The van der Waals surface area contributed by atoms with Crippen LogP contribution in [-0.4, -0.2) is 47.6 Å². The van der Waals surface area contributed by atoms with Gasteiger partial charge in [0.2, 0.25) is 0 Å². The maximum absolute atomic E-state index is 12.1. The van der Waals surface area contributed by atoms with Crippen LogP contribution in [0.4, 0.5) is 0 Å². The van der Waals surface area contributed by atoms with E-state index in [9.17, 15) is 19.8 Å². The highest BCUT2D eigenvalue weighted by Gasteiger charge is 2.47. The fourth-order valence-electron chi connectivity index (χ4n) is 3.48. The highest BCUT2D eigenvalue weighted by atomic mass is 16.6. The molecule has 1 aromatic rings. The molecule has 1 unspecified atom stereocenters. The highest BCUT2D eigenvalue weighted by molar-refractivity contribution is 5.97. The van der Waals surface area contributed by atoms with Gasteiger partial charge in [0, 0.05) is 24.7 Å². The summed E-state index contributed by atoms with van der Waals surface area (Å²) in [7, 11) is 0. The molecule has 4 N–H and O–H groups in total. The zero-order valence-corrected chi connectivity index (χ0v) is 16.8. The number of carbonyl (C=O) groups is 2. The van der Waals surface area contributed by atoms with Crippen molar-refractivity contribution in [2.45, 2.75) is 25.5 Å². The number of rotatable bonds is 8. The minimum Gasteiger partial charge on any atom is -0.491 e. The van der Waals surface area contributed by atoms with Gasteiger partial charge in [0.1, 0.15) is 11.3 Å². The Kier molecular flexibility index (Phi) is 6.79. The van der Waals surface area contributed by atoms with E-state index in [1.54, 1.807) is 24.3 Å². The summed E-state index contributed by atoms with van der Waals surface area (Å²) in [6, 6.07) is 7.03. The van der Waals surface area contributed by atoms with Gasteiger partial charge in [-0.25, -0.2) is 9.59 Å². The summed E-state index contributed by atoms with van der Waals surface area (Å²) >= 11 is 0. The van der Waals surface area contributed by atoms with Gasteiger partial charge in [0.25, 0.3) is 5.72 Å². The first-order valence-electron chi connectivity index (χ1n) is 9.83. The van der Waals surface area contributed by atoms with Crippen LogP contribution in [0, 0.1) is 12.8 Å². The quantitative estimate of drug-likeness (QED) is 0.478. The summed E-state index contributed by atoms with van der Waals surface area (Å²) < 4.78 is 12.1. The zero-order chi connectivity index (χ0) is 21.6. The van der Waals surface area contributed by atoms with Crippen molar-refractivity contribution in [1.29, 1.82) is 0 Å². The average Bonchev–Trinajstić information content (AvgIpc) is 2.73. The molecule has 2 aliphatic heterocycles. The second kappa shape index (κ2) is 9.49. The summed E-state index contributed by atoms with van der Waals surface area (Å²) in [5.41, 5.74) is -1.31. The third kappa shape index (κ3) is 5.01. The minimum absolute atomic E-state index is 0.186. The van der Waals surface area contributed by atoms with Crippen LogP contribution in [0.15, 0.2) is 60.0 Å². The number of benzene rings is 1. The maximum Gasteiger partial charge on any atom is 0.338 e. The van der Waals surface area contributed by atoms with Gasteiger partial charge in [-0.05, 0) is 50.6 Å². The monoisotopic (exact) mass is 414 g/mol. The molecule has 0 bridgehead atoms. The maximum atomic E-state index is 12.1. The topological polar surface area (TPSA) is 117 Å². The Balaban J connectivity index is 1.98. The largest absolute Gasteiger partial charge is 0.491 e. The molecule has 0 saturated carbocycles. The van der Waals surface area contributed by atoms with Crippen LogP contribution in [0.3, 0.4) is 0 Å². The van der Waals surface area contributed by atoms with Crippen molar-refractivity contribution in [1.82, 2.24) is 10.6 Å². The summed E-state index contributed by atoms with van der Waals surface area (Å²) in [5, 5.41) is 25.3. The van der Waals surface area contributed by atoms with E-state index in [2.05, 4.69) is 10.6 Å². The number of carboxylic acid groups (broad SMARTS) is 2. The molecule has 2 aliphatic rings. The van der Waals surface area contributed by atoms with Crippen LogP contribution >= 0.6 is 0 Å². The van der Waals surface area contributed by atoms with Crippen LogP contribution in [0.2, 0.25) is 0 Å². The molecule has 8 nitrogen and oxygen atoms in total. The van der Waals surface area contributed by atoms with E-state index >= 15 is 0 Å². The van der Waals surface area contributed by atoms with Gasteiger partial charge < -0.3 is 30.3 Å². The number of aryl methyl sites for hydroxylation is 1. The van der Waals surface area contributed by atoms with E-state index in [1.165, 1.54) is 6.20 Å². The lowest BCUT2D eigenvalue weighted by molar-refractivity contribution is -0.137. The lowest BCUT2D eigenvalue weighted by Crippen LogP contribution is -2.55. The number of ether oxygens (including phenoxy) is 2. The molecule has 0 amide bonds. The Morgan fingerprint density at radius 2 is 2.03 bits per heavy atom. The first kappa shape index (κ1) is 21.4. The van der Waals surface area contributed by atoms with E-state index < -0.39 is 23.2 Å². The number of piperidine rings is 1. The number of allylic oxidation sites excluding steroid dienone is 2. The molecule has 2 heterocycles. The molecule has 2 atom stereocenters. The van der Waals surface area contributed by atoms with E-state index in [4.69, 9.17) is 9.47 Å². The normalized spacial score (nSPS) is 23.8. The smallest absolute Gasteiger partial charge is 0.338 e. The van der Waals surface area contributed by atoms with Gasteiger partial charge in [-0.1, -0.05) is 17.7 Å². The molecule has 0 spiro atoms. The number of hydrogen-bond acceptors (Lipinski definition) is 6. The van der Waals surface area contributed by atoms with Crippen molar-refractivity contribution in [3.05, 3.63) is 65.6 Å². The van der Waals surface area contributed by atoms with Gasteiger partial charge >= 0.3 is 11.9 Å². The summed E-state index contributed by atoms with van der Waals surface area (Å²) in [4.78, 5) is 23.5. The summed E-state index contributed by atoms with van der Waals surface area (Å²) in [5.74, 6) is -2.01. The average molecular weight is 414 g/mol.